The molecule has 2 aromatic rings. The fourth-order valence-electron chi connectivity index (χ4n) is 1.33. The van der Waals surface area contributed by atoms with Crippen molar-refractivity contribution in [2.45, 2.75) is 13.1 Å². The highest BCUT2D eigenvalue weighted by atomic mass is 127. The van der Waals surface area contributed by atoms with Crippen molar-refractivity contribution in [2.24, 2.45) is 0 Å². The van der Waals surface area contributed by atoms with Crippen LogP contribution in [0.5, 0.6) is 0 Å². The summed E-state index contributed by atoms with van der Waals surface area (Å²) in [6.07, 6.45) is 6.96. The quantitative estimate of drug-likeness (QED) is 0.850. The van der Waals surface area contributed by atoms with E-state index in [0.717, 1.165) is 9.13 Å². The van der Waals surface area contributed by atoms with Gasteiger partial charge in [0.25, 0.3) is 0 Å². The molecule has 0 fully saturated rings. The van der Waals surface area contributed by atoms with E-state index in [1.54, 1.807) is 23.3 Å². The largest absolute Gasteiger partial charge is 0.350 e. The van der Waals surface area contributed by atoms with Gasteiger partial charge in [0, 0.05) is 25.1 Å². The van der Waals surface area contributed by atoms with E-state index in [4.69, 9.17) is 0 Å². The second kappa shape index (κ2) is 5.76. The van der Waals surface area contributed by atoms with Crippen LogP contribution in [-0.4, -0.2) is 20.7 Å². The average molecular weight is 342 g/mol. The lowest BCUT2D eigenvalue weighted by molar-refractivity contribution is -0.122. The minimum absolute atomic E-state index is 0.0543. The summed E-state index contributed by atoms with van der Waals surface area (Å²) in [6.45, 7) is 0.758. The summed E-state index contributed by atoms with van der Waals surface area (Å²) in [6, 6.07) is 3.74. The van der Waals surface area contributed by atoms with Crippen LogP contribution in [0, 0.1) is 3.57 Å². The first kappa shape index (κ1) is 12.0. The van der Waals surface area contributed by atoms with E-state index in [1.165, 1.54) is 0 Å². The predicted molar refractivity (Wildman–Crippen MR) is 71.0 cm³/mol. The minimum atomic E-state index is -0.0543. The first-order valence-corrected chi connectivity index (χ1v) is 6.15. The fourth-order valence-corrected chi connectivity index (χ4v) is 1.78. The highest BCUT2D eigenvalue weighted by Gasteiger charge is 2.03. The lowest BCUT2D eigenvalue weighted by Crippen LogP contribution is -2.27. The first-order chi connectivity index (χ1) is 8.24. The lowest BCUT2D eigenvalue weighted by Gasteiger charge is -2.04. The standard InChI is InChI=1S/C11H11IN4O/c12-10-6-15-16(7-10)8-11(17)14-5-9-1-3-13-4-2-9/h1-4,6-7H,5,8H2,(H,14,17). The van der Waals surface area contributed by atoms with Gasteiger partial charge in [0.15, 0.2) is 0 Å². The van der Waals surface area contributed by atoms with E-state index < -0.39 is 0 Å². The lowest BCUT2D eigenvalue weighted by atomic mass is 10.3. The summed E-state index contributed by atoms with van der Waals surface area (Å²) in [5, 5.41) is 6.88. The number of amides is 1. The van der Waals surface area contributed by atoms with Gasteiger partial charge in [-0.3, -0.25) is 14.5 Å². The van der Waals surface area contributed by atoms with Crippen LogP contribution in [0.15, 0.2) is 36.9 Å². The molecule has 2 heterocycles. The molecule has 6 heteroatoms. The highest BCUT2D eigenvalue weighted by Crippen LogP contribution is 2.01. The van der Waals surface area contributed by atoms with Gasteiger partial charge in [-0.2, -0.15) is 5.10 Å². The Morgan fingerprint density at radius 2 is 2.18 bits per heavy atom. The van der Waals surface area contributed by atoms with Gasteiger partial charge < -0.3 is 5.32 Å². The molecule has 0 aromatic carbocycles. The zero-order valence-corrected chi connectivity index (χ0v) is 11.2. The number of carbonyl (C=O) groups is 1. The Hall–Kier alpha value is -1.44. The molecule has 0 aliphatic heterocycles. The topological polar surface area (TPSA) is 59.8 Å². The zero-order chi connectivity index (χ0) is 12.1. The van der Waals surface area contributed by atoms with Crippen molar-refractivity contribution in [3.63, 3.8) is 0 Å². The number of rotatable bonds is 4. The number of carbonyl (C=O) groups excluding carboxylic acids is 1. The van der Waals surface area contributed by atoms with Gasteiger partial charge >= 0.3 is 0 Å². The molecule has 0 saturated carbocycles. The second-order valence-corrected chi connectivity index (χ2v) is 4.73. The van der Waals surface area contributed by atoms with E-state index in [-0.39, 0.29) is 12.5 Å². The summed E-state index contributed by atoms with van der Waals surface area (Å²) < 4.78 is 2.63. The second-order valence-electron chi connectivity index (χ2n) is 3.49. The Morgan fingerprint density at radius 1 is 1.41 bits per heavy atom. The van der Waals surface area contributed by atoms with Crippen LogP contribution in [0.4, 0.5) is 0 Å². The number of nitrogens with zero attached hydrogens (tertiary/aromatic N) is 3. The van der Waals surface area contributed by atoms with Crippen molar-refractivity contribution in [3.8, 4) is 0 Å². The molecule has 0 aliphatic rings. The van der Waals surface area contributed by atoms with Crippen molar-refractivity contribution >= 4 is 28.5 Å². The van der Waals surface area contributed by atoms with Gasteiger partial charge in [-0.1, -0.05) is 0 Å². The molecule has 0 aliphatic carbocycles. The summed E-state index contributed by atoms with van der Waals surface area (Å²) in [5.41, 5.74) is 1.03. The van der Waals surface area contributed by atoms with Crippen molar-refractivity contribution in [1.82, 2.24) is 20.1 Å². The maximum Gasteiger partial charge on any atom is 0.241 e. The Morgan fingerprint density at radius 3 is 2.82 bits per heavy atom. The molecular weight excluding hydrogens is 331 g/mol. The summed E-state index contributed by atoms with van der Waals surface area (Å²) in [4.78, 5) is 15.5. The van der Waals surface area contributed by atoms with Gasteiger partial charge in [0.05, 0.1) is 9.77 Å². The number of nitrogens with one attached hydrogen (secondary N) is 1. The van der Waals surface area contributed by atoms with Crippen LogP contribution in [0.2, 0.25) is 0 Å². The number of hydrogen-bond acceptors (Lipinski definition) is 3. The average Bonchev–Trinajstić information content (AvgIpc) is 2.73. The van der Waals surface area contributed by atoms with Crippen LogP contribution < -0.4 is 5.32 Å². The van der Waals surface area contributed by atoms with E-state index in [9.17, 15) is 4.79 Å². The highest BCUT2D eigenvalue weighted by molar-refractivity contribution is 14.1. The third kappa shape index (κ3) is 3.81. The zero-order valence-electron chi connectivity index (χ0n) is 9.01. The van der Waals surface area contributed by atoms with E-state index in [0.29, 0.717) is 6.54 Å². The predicted octanol–water partition coefficient (Wildman–Crippen LogP) is 1.20. The maximum absolute atomic E-state index is 11.6. The van der Waals surface area contributed by atoms with Gasteiger partial charge in [-0.15, -0.1) is 0 Å². The Bertz CT molecular complexity index is 497. The number of hydrogen-bond donors (Lipinski definition) is 1. The van der Waals surface area contributed by atoms with Crippen molar-refractivity contribution in [1.29, 1.82) is 0 Å². The molecule has 2 aromatic heterocycles. The van der Waals surface area contributed by atoms with Crippen LogP contribution in [0.25, 0.3) is 0 Å². The third-order valence-corrected chi connectivity index (χ3v) is 2.70. The molecule has 0 unspecified atom stereocenters. The molecule has 17 heavy (non-hydrogen) atoms. The van der Waals surface area contributed by atoms with Gasteiger partial charge in [0.2, 0.25) is 5.91 Å². The van der Waals surface area contributed by atoms with Crippen molar-refractivity contribution in [3.05, 3.63) is 46.1 Å². The Kier molecular flexibility index (Phi) is 4.08. The van der Waals surface area contributed by atoms with E-state index in [2.05, 4.69) is 38.0 Å². The summed E-state index contributed by atoms with van der Waals surface area (Å²) >= 11 is 2.16. The SMILES string of the molecule is O=C(Cn1cc(I)cn1)NCc1ccncc1. The van der Waals surface area contributed by atoms with Crippen molar-refractivity contribution in [2.75, 3.05) is 0 Å². The van der Waals surface area contributed by atoms with Gasteiger partial charge in [-0.25, -0.2) is 0 Å². The molecule has 1 amide bonds. The molecule has 0 spiro atoms. The number of aromatic nitrogens is 3. The van der Waals surface area contributed by atoms with Crippen molar-refractivity contribution < 1.29 is 4.79 Å². The molecular formula is C11H11IN4O. The molecule has 0 saturated heterocycles. The fraction of sp³-hybridized carbons (Fsp3) is 0.182. The molecule has 0 atom stereocenters. The Labute approximate surface area is 112 Å². The molecule has 2 rings (SSSR count). The van der Waals surface area contributed by atoms with E-state index in [1.807, 2.05) is 18.3 Å². The smallest absolute Gasteiger partial charge is 0.241 e. The minimum Gasteiger partial charge on any atom is -0.350 e. The molecule has 0 radical (unpaired) electrons. The number of pyridine rings is 1. The molecule has 88 valence electrons. The van der Waals surface area contributed by atoms with Gasteiger partial charge in [-0.05, 0) is 40.3 Å². The van der Waals surface area contributed by atoms with Gasteiger partial charge in [0.1, 0.15) is 6.54 Å². The maximum atomic E-state index is 11.6. The summed E-state index contributed by atoms with van der Waals surface area (Å²) in [7, 11) is 0. The molecule has 1 N–H and O–H groups in total. The van der Waals surface area contributed by atoms with E-state index >= 15 is 0 Å². The Balaban J connectivity index is 1.82. The molecule has 0 bridgehead atoms. The first-order valence-electron chi connectivity index (χ1n) is 5.07. The third-order valence-electron chi connectivity index (χ3n) is 2.15. The van der Waals surface area contributed by atoms with Crippen LogP contribution in [-0.2, 0) is 17.9 Å². The van der Waals surface area contributed by atoms with Crippen LogP contribution >= 0.6 is 22.6 Å². The van der Waals surface area contributed by atoms with Crippen LogP contribution in [0.3, 0.4) is 0 Å². The summed E-state index contributed by atoms with van der Waals surface area (Å²) in [5.74, 6) is -0.0543. The normalized spacial score (nSPS) is 10.2. The monoisotopic (exact) mass is 342 g/mol. The number of halogens is 1. The molecule has 5 nitrogen and oxygen atoms in total. The van der Waals surface area contributed by atoms with Crippen LogP contribution in [0.1, 0.15) is 5.56 Å².